The molecule has 0 aromatic heterocycles. The zero-order chi connectivity index (χ0) is 16.8. The van der Waals surface area contributed by atoms with Crippen molar-refractivity contribution in [3.05, 3.63) is 48.0 Å². The molecule has 2 aromatic rings. The van der Waals surface area contributed by atoms with Crippen molar-refractivity contribution >= 4 is 23.4 Å². The Morgan fingerprint density at radius 3 is 2.17 bits per heavy atom. The number of phenols is 1. The molecular formula is C16H16N2O5. The third kappa shape index (κ3) is 4.13. The van der Waals surface area contributed by atoms with Crippen LogP contribution in [0.25, 0.3) is 0 Å². The molecular weight excluding hydrogens is 300 g/mol. The van der Waals surface area contributed by atoms with Crippen molar-refractivity contribution in [3.8, 4) is 11.5 Å². The molecule has 0 saturated heterocycles. The Hall–Kier alpha value is -3.22. The fourth-order valence-corrected chi connectivity index (χ4v) is 1.89. The van der Waals surface area contributed by atoms with E-state index in [1.165, 1.54) is 38.5 Å². The highest BCUT2D eigenvalue weighted by Gasteiger charge is 2.14. The van der Waals surface area contributed by atoms with Gasteiger partial charge in [-0.3, -0.25) is 0 Å². The predicted octanol–water partition coefficient (Wildman–Crippen LogP) is 2.83. The van der Waals surface area contributed by atoms with Crippen LogP contribution in [0.5, 0.6) is 11.5 Å². The molecule has 7 heteroatoms. The number of hydrogen-bond acceptors (Lipinski definition) is 5. The van der Waals surface area contributed by atoms with Crippen LogP contribution >= 0.6 is 0 Å². The Labute approximate surface area is 132 Å². The maximum atomic E-state index is 11.9. The average molecular weight is 316 g/mol. The number of amides is 2. The Morgan fingerprint density at radius 1 is 0.957 bits per heavy atom. The molecule has 2 rings (SSSR count). The summed E-state index contributed by atoms with van der Waals surface area (Å²) in [6.45, 7) is 0. The van der Waals surface area contributed by atoms with E-state index in [1.807, 2.05) is 0 Å². The number of aromatic hydroxyl groups is 1. The second kappa shape index (κ2) is 7.17. The van der Waals surface area contributed by atoms with E-state index in [1.54, 1.807) is 18.2 Å². The number of carbonyl (C=O) groups is 2. The van der Waals surface area contributed by atoms with E-state index in [-0.39, 0.29) is 11.3 Å². The maximum absolute atomic E-state index is 11.9. The highest BCUT2D eigenvalue weighted by atomic mass is 16.5. The number of methoxy groups -OCH3 is 2. The Kier molecular flexibility index (Phi) is 5.03. The van der Waals surface area contributed by atoms with Crippen LogP contribution in [-0.4, -0.2) is 31.3 Å². The highest BCUT2D eigenvalue weighted by molar-refractivity contribution is 6.00. The first-order valence-electron chi connectivity index (χ1n) is 6.67. The van der Waals surface area contributed by atoms with Gasteiger partial charge in [-0.25, -0.2) is 9.59 Å². The number of carbonyl (C=O) groups excluding carboxylic acids is 2. The minimum Gasteiger partial charge on any atom is -0.508 e. The summed E-state index contributed by atoms with van der Waals surface area (Å²) >= 11 is 0. The van der Waals surface area contributed by atoms with Gasteiger partial charge in [0.15, 0.2) is 0 Å². The first kappa shape index (κ1) is 16.2. The van der Waals surface area contributed by atoms with E-state index < -0.39 is 12.0 Å². The van der Waals surface area contributed by atoms with E-state index in [0.29, 0.717) is 17.1 Å². The lowest BCUT2D eigenvalue weighted by Gasteiger charge is -2.11. The standard InChI is InChI=1S/C16H16N2O5/c1-22-14-9-11(5-8-13(14)15(20)23-2)18-16(21)17-10-3-6-12(19)7-4-10/h3-9,19H,1-2H3,(H2,17,18,21). The number of phenolic OH excluding ortho intramolecular Hbond substituents is 1. The smallest absolute Gasteiger partial charge is 0.341 e. The second-order valence-electron chi connectivity index (χ2n) is 4.53. The summed E-state index contributed by atoms with van der Waals surface area (Å²) in [7, 11) is 2.70. The normalized spacial score (nSPS) is 9.83. The molecule has 23 heavy (non-hydrogen) atoms. The summed E-state index contributed by atoms with van der Waals surface area (Å²) < 4.78 is 9.77. The van der Waals surface area contributed by atoms with Crippen molar-refractivity contribution < 1.29 is 24.2 Å². The van der Waals surface area contributed by atoms with Gasteiger partial charge in [0.05, 0.1) is 14.2 Å². The molecule has 120 valence electrons. The molecule has 0 atom stereocenters. The van der Waals surface area contributed by atoms with Crippen molar-refractivity contribution in [2.45, 2.75) is 0 Å². The molecule has 0 saturated carbocycles. The van der Waals surface area contributed by atoms with Crippen LogP contribution in [0.15, 0.2) is 42.5 Å². The first-order chi connectivity index (χ1) is 11.0. The van der Waals surface area contributed by atoms with Gasteiger partial charge in [-0.05, 0) is 36.4 Å². The molecule has 7 nitrogen and oxygen atoms in total. The minimum absolute atomic E-state index is 0.110. The lowest BCUT2D eigenvalue weighted by atomic mass is 10.2. The predicted molar refractivity (Wildman–Crippen MR) is 85.1 cm³/mol. The molecule has 3 N–H and O–H groups in total. The number of rotatable bonds is 4. The number of ether oxygens (including phenoxy) is 2. The van der Waals surface area contributed by atoms with Gasteiger partial charge in [-0.1, -0.05) is 0 Å². The largest absolute Gasteiger partial charge is 0.508 e. The number of benzene rings is 2. The molecule has 0 unspecified atom stereocenters. The van der Waals surface area contributed by atoms with Gasteiger partial charge in [-0.2, -0.15) is 0 Å². The molecule has 2 aromatic carbocycles. The second-order valence-corrected chi connectivity index (χ2v) is 4.53. The van der Waals surface area contributed by atoms with Gasteiger partial charge in [0.25, 0.3) is 0 Å². The maximum Gasteiger partial charge on any atom is 0.341 e. The van der Waals surface area contributed by atoms with Crippen molar-refractivity contribution in [1.82, 2.24) is 0 Å². The van der Waals surface area contributed by atoms with Gasteiger partial charge in [0, 0.05) is 17.4 Å². The lowest BCUT2D eigenvalue weighted by molar-refractivity contribution is 0.0597. The molecule has 0 heterocycles. The lowest BCUT2D eigenvalue weighted by Crippen LogP contribution is -2.19. The zero-order valence-corrected chi connectivity index (χ0v) is 12.6. The SMILES string of the molecule is COC(=O)c1ccc(NC(=O)Nc2ccc(O)cc2)cc1OC. The van der Waals surface area contributed by atoms with Crippen LogP contribution in [-0.2, 0) is 4.74 Å². The minimum atomic E-state index is -0.526. The van der Waals surface area contributed by atoms with Gasteiger partial charge in [0.1, 0.15) is 17.1 Å². The molecule has 0 aliphatic heterocycles. The zero-order valence-electron chi connectivity index (χ0n) is 12.6. The van der Waals surface area contributed by atoms with Crippen LogP contribution in [0.2, 0.25) is 0 Å². The van der Waals surface area contributed by atoms with E-state index in [0.717, 1.165) is 0 Å². The number of urea groups is 1. The highest BCUT2D eigenvalue weighted by Crippen LogP contribution is 2.24. The van der Waals surface area contributed by atoms with Crippen LogP contribution in [0, 0.1) is 0 Å². The Balaban J connectivity index is 2.08. The summed E-state index contributed by atoms with van der Waals surface area (Å²) in [6.07, 6.45) is 0. The van der Waals surface area contributed by atoms with E-state index >= 15 is 0 Å². The fourth-order valence-electron chi connectivity index (χ4n) is 1.89. The third-order valence-corrected chi connectivity index (χ3v) is 2.99. The van der Waals surface area contributed by atoms with E-state index in [2.05, 4.69) is 15.4 Å². The van der Waals surface area contributed by atoms with Crippen LogP contribution < -0.4 is 15.4 Å². The quantitative estimate of drug-likeness (QED) is 0.595. The molecule has 0 aliphatic rings. The summed E-state index contributed by atoms with van der Waals surface area (Å²) in [5, 5.41) is 14.4. The summed E-state index contributed by atoms with van der Waals surface area (Å²) in [5.41, 5.74) is 1.24. The average Bonchev–Trinajstić information content (AvgIpc) is 2.56. The van der Waals surface area contributed by atoms with Crippen molar-refractivity contribution in [3.63, 3.8) is 0 Å². The molecule has 0 spiro atoms. The number of nitrogens with one attached hydrogen (secondary N) is 2. The van der Waals surface area contributed by atoms with Gasteiger partial charge in [0.2, 0.25) is 0 Å². The summed E-state index contributed by atoms with van der Waals surface area (Å²) in [6, 6.07) is 10.2. The van der Waals surface area contributed by atoms with E-state index in [4.69, 9.17) is 4.74 Å². The first-order valence-corrected chi connectivity index (χ1v) is 6.67. The van der Waals surface area contributed by atoms with Crippen LogP contribution in [0.4, 0.5) is 16.2 Å². The number of anilines is 2. The monoisotopic (exact) mass is 316 g/mol. The summed E-state index contributed by atoms with van der Waals surface area (Å²) in [5.74, 6) is -0.125. The molecule has 0 radical (unpaired) electrons. The Morgan fingerprint density at radius 2 is 1.57 bits per heavy atom. The van der Waals surface area contributed by atoms with Crippen molar-refractivity contribution in [2.75, 3.05) is 24.9 Å². The van der Waals surface area contributed by atoms with Gasteiger partial charge in [-0.15, -0.1) is 0 Å². The fraction of sp³-hybridized carbons (Fsp3) is 0.125. The molecule has 2 amide bonds. The molecule has 0 fully saturated rings. The number of esters is 1. The summed E-state index contributed by atoms with van der Waals surface area (Å²) in [4.78, 5) is 23.5. The number of hydrogen-bond donors (Lipinski definition) is 3. The van der Waals surface area contributed by atoms with Crippen LogP contribution in [0.3, 0.4) is 0 Å². The Bertz CT molecular complexity index is 713. The van der Waals surface area contributed by atoms with Gasteiger partial charge >= 0.3 is 12.0 Å². The third-order valence-electron chi connectivity index (χ3n) is 2.99. The van der Waals surface area contributed by atoms with Gasteiger partial charge < -0.3 is 25.2 Å². The van der Waals surface area contributed by atoms with Crippen molar-refractivity contribution in [2.24, 2.45) is 0 Å². The van der Waals surface area contributed by atoms with Crippen molar-refractivity contribution in [1.29, 1.82) is 0 Å². The van der Waals surface area contributed by atoms with Crippen LogP contribution in [0.1, 0.15) is 10.4 Å². The van der Waals surface area contributed by atoms with E-state index in [9.17, 15) is 14.7 Å². The molecule has 0 aliphatic carbocycles. The molecule has 0 bridgehead atoms. The topological polar surface area (TPSA) is 96.9 Å².